The molecule has 0 bridgehead atoms. The van der Waals surface area contributed by atoms with Crippen LogP contribution in [-0.4, -0.2) is 15.8 Å². The Labute approximate surface area is 131 Å². The summed E-state index contributed by atoms with van der Waals surface area (Å²) in [6.45, 7) is 1.79. The summed E-state index contributed by atoms with van der Waals surface area (Å²) in [5.74, 6) is -0.698. The number of hydrogen-bond donors (Lipinski definition) is 1. The van der Waals surface area contributed by atoms with Crippen molar-refractivity contribution in [1.29, 1.82) is 0 Å². The number of para-hydroxylation sites is 1. The van der Waals surface area contributed by atoms with Gasteiger partial charge in [0.05, 0.1) is 9.85 Å². The van der Waals surface area contributed by atoms with Crippen LogP contribution >= 0.6 is 0 Å². The van der Waals surface area contributed by atoms with E-state index in [1.54, 1.807) is 13.0 Å². The third kappa shape index (κ3) is 3.49. The standard InChI is InChI=1S/C15H13N3O5/c1-2-10-7-8-11(9-14(10)18(22)23)16-15(19)12-5-3-4-6-13(12)17(20)21/h3-9H,2H2,1H3,(H,16,19). The minimum absolute atomic E-state index is 0.104. The van der Waals surface area contributed by atoms with Gasteiger partial charge in [-0.15, -0.1) is 0 Å². The molecule has 118 valence electrons. The molecule has 0 aromatic heterocycles. The van der Waals surface area contributed by atoms with E-state index >= 15 is 0 Å². The molecular weight excluding hydrogens is 302 g/mol. The van der Waals surface area contributed by atoms with Crippen LogP contribution in [0.2, 0.25) is 0 Å². The van der Waals surface area contributed by atoms with Gasteiger partial charge in [-0.2, -0.15) is 0 Å². The SMILES string of the molecule is CCc1ccc(NC(=O)c2ccccc2[N+](=O)[O-])cc1[N+](=O)[O-]. The largest absolute Gasteiger partial charge is 0.322 e. The zero-order chi connectivity index (χ0) is 17.0. The minimum atomic E-state index is -0.698. The van der Waals surface area contributed by atoms with E-state index in [0.717, 1.165) is 0 Å². The lowest BCUT2D eigenvalue weighted by molar-refractivity contribution is -0.385. The Morgan fingerprint density at radius 2 is 1.70 bits per heavy atom. The zero-order valence-corrected chi connectivity index (χ0v) is 12.2. The van der Waals surface area contributed by atoms with Crippen molar-refractivity contribution in [3.8, 4) is 0 Å². The van der Waals surface area contributed by atoms with Crippen LogP contribution in [0, 0.1) is 20.2 Å². The maximum absolute atomic E-state index is 12.2. The molecule has 0 aliphatic carbocycles. The number of nitrogens with one attached hydrogen (secondary N) is 1. The summed E-state index contributed by atoms with van der Waals surface area (Å²) in [6, 6.07) is 9.82. The highest BCUT2D eigenvalue weighted by atomic mass is 16.6. The van der Waals surface area contributed by atoms with Crippen LogP contribution in [0.1, 0.15) is 22.8 Å². The number of anilines is 1. The Bertz CT molecular complexity index is 788. The number of benzene rings is 2. The summed E-state index contributed by atoms with van der Waals surface area (Å²) in [5, 5.41) is 24.4. The maximum Gasteiger partial charge on any atom is 0.282 e. The van der Waals surface area contributed by atoms with Crippen LogP contribution in [0.15, 0.2) is 42.5 Å². The fraction of sp³-hybridized carbons (Fsp3) is 0.133. The van der Waals surface area contributed by atoms with E-state index in [1.165, 1.54) is 36.4 Å². The topological polar surface area (TPSA) is 115 Å². The first-order valence-electron chi connectivity index (χ1n) is 6.76. The first-order chi connectivity index (χ1) is 10.9. The summed E-state index contributed by atoms with van der Waals surface area (Å²) < 4.78 is 0. The van der Waals surface area contributed by atoms with Gasteiger partial charge in [-0.05, 0) is 18.6 Å². The van der Waals surface area contributed by atoms with Gasteiger partial charge in [-0.25, -0.2) is 0 Å². The van der Waals surface area contributed by atoms with Gasteiger partial charge >= 0.3 is 0 Å². The molecule has 23 heavy (non-hydrogen) atoms. The van der Waals surface area contributed by atoms with Crippen LogP contribution in [0.4, 0.5) is 17.1 Å². The van der Waals surface area contributed by atoms with Crippen LogP contribution in [0.5, 0.6) is 0 Å². The first kappa shape index (κ1) is 16.1. The van der Waals surface area contributed by atoms with Crippen LogP contribution in [0.25, 0.3) is 0 Å². The Kier molecular flexibility index (Phi) is 4.65. The second kappa shape index (κ2) is 6.65. The fourth-order valence-electron chi connectivity index (χ4n) is 2.13. The van der Waals surface area contributed by atoms with Crippen molar-refractivity contribution >= 4 is 23.0 Å². The van der Waals surface area contributed by atoms with Crippen molar-refractivity contribution in [3.63, 3.8) is 0 Å². The highest BCUT2D eigenvalue weighted by molar-refractivity contribution is 6.07. The van der Waals surface area contributed by atoms with Crippen LogP contribution < -0.4 is 5.32 Å². The molecule has 0 fully saturated rings. The van der Waals surface area contributed by atoms with Crippen molar-refractivity contribution in [3.05, 3.63) is 73.8 Å². The van der Waals surface area contributed by atoms with Gasteiger partial charge < -0.3 is 5.32 Å². The Hall–Kier alpha value is -3.29. The molecule has 0 saturated carbocycles. The van der Waals surface area contributed by atoms with Gasteiger partial charge in [0, 0.05) is 23.4 Å². The molecule has 0 heterocycles. The highest BCUT2D eigenvalue weighted by Gasteiger charge is 2.20. The molecule has 2 aromatic carbocycles. The zero-order valence-electron chi connectivity index (χ0n) is 12.2. The average Bonchev–Trinajstić information content (AvgIpc) is 2.54. The predicted molar refractivity (Wildman–Crippen MR) is 83.5 cm³/mol. The number of carbonyl (C=O) groups is 1. The molecule has 2 rings (SSSR count). The molecular formula is C15H13N3O5. The molecule has 0 saturated heterocycles. The molecule has 8 nitrogen and oxygen atoms in total. The minimum Gasteiger partial charge on any atom is -0.322 e. The van der Waals surface area contributed by atoms with Crippen LogP contribution in [0.3, 0.4) is 0 Å². The van der Waals surface area contributed by atoms with Gasteiger partial charge in [0.15, 0.2) is 0 Å². The molecule has 0 aliphatic heterocycles. The number of carbonyl (C=O) groups excluding carboxylic acids is 1. The highest BCUT2D eigenvalue weighted by Crippen LogP contribution is 2.25. The quantitative estimate of drug-likeness (QED) is 0.671. The smallest absolute Gasteiger partial charge is 0.282 e. The molecule has 8 heteroatoms. The molecule has 1 amide bonds. The molecule has 0 spiro atoms. The summed E-state index contributed by atoms with van der Waals surface area (Å²) in [4.78, 5) is 33.0. The van der Waals surface area contributed by atoms with Crippen molar-refractivity contribution in [1.82, 2.24) is 0 Å². The van der Waals surface area contributed by atoms with E-state index < -0.39 is 15.8 Å². The number of hydrogen-bond acceptors (Lipinski definition) is 5. The van der Waals surface area contributed by atoms with Gasteiger partial charge in [0.1, 0.15) is 5.56 Å². The third-order valence-corrected chi connectivity index (χ3v) is 3.27. The fourth-order valence-corrected chi connectivity index (χ4v) is 2.13. The first-order valence-corrected chi connectivity index (χ1v) is 6.76. The second-order valence-corrected chi connectivity index (χ2v) is 4.68. The van der Waals surface area contributed by atoms with E-state index in [-0.39, 0.29) is 22.6 Å². The van der Waals surface area contributed by atoms with Crippen molar-refractivity contribution in [2.45, 2.75) is 13.3 Å². The predicted octanol–water partition coefficient (Wildman–Crippen LogP) is 3.32. The molecule has 1 N–H and O–H groups in total. The van der Waals surface area contributed by atoms with E-state index in [1.807, 2.05) is 0 Å². The lowest BCUT2D eigenvalue weighted by Crippen LogP contribution is -2.14. The third-order valence-electron chi connectivity index (χ3n) is 3.27. The summed E-state index contributed by atoms with van der Waals surface area (Å²) >= 11 is 0. The van der Waals surface area contributed by atoms with Crippen molar-refractivity contribution in [2.75, 3.05) is 5.32 Å². The average molecular weight is 315 g/mol. The summed E-state index contributed by atoms with van der Waals surface area (Å²) in [7, 11) is 0. The number of amides is 1. The summed E-state index contributed by atoms with van der Waals surface area (Å²) in [6.07, 6.45) is 0.481. The Balaban J connectivity index is 2.33. The van der Waals surface area contributed by atoms with Gasteiger partial charge in [-0.1, -0.05) is 25.1 Å². The second-order valence-electron chi connectivity index (χ2n) is 4.68. The van der Waals surface area contributed by atoms with E-state index in [0.29, 0.717) is 12.0 Å². The monoisotopic (exact) mass is 315 g/mol. The van der Waals surface area contributed by atoms with Crippen LogP contribution in [-0.2, 0) is 6.42 Å². The lowest BCUT2D eigenvalue weighted by atomic mass is 10.1. The maximum atomic E-state index is 12.2. The van der Waals surface area contributed by atoms with Crippen molar-refractivity contribution < 1.29 is 14.6 Å². The van der Waals surface area contributed by atoms with Gasteiger partial charge in [0.25, 0.3) is 17.3 Å². The number of nitro groups is 2. The normalized spacial score (nSPS) is 10.1. The van der Waals surface area contributed by atoms with E-state index in [9.17, 15) is 25.0 Å². The summed E-state index contributed by atoms with van der Waals surface area (Å²) in [5.41, 5.74) is 0.202. The molecule has 2 aromatic rings. The van der Waals surface area contributed by atoms with Crippen molar-refractivity contribution in [2.24, 2.45) is 0 Å². The van der Waals surface area contributed by atoms with Gasteiger partial charge in [0.2, 0.25) is 0 Å². The number of aryl methyl sites for hydroxylation is 1. The lowest BCUT2D eigenvalue weighted by Gasteiger charge is -2.07. The number of nitrogens with zero attached hydrogens (tertiary/aromatic N) is 2. The van der Waals surface area contributed by atoms with Gasteiger partial charge in [-0.3, -0.25) is 25.0 Å². The Morgan fingerprint density at radius 1 is 1.04 bits per heavy atom. The van der Waals surface area contributed by atoms with E-state index in [2.05, 4.69) is 5.32 Å². The molecule has 0 atom stereocenters. The molecule has 0 aliphatic rings. The van der Waals surface area contributed by atoms with E-state index in [4.69, 9.17) is 0 Å². The number of rotatable bonds is 5. The molecule has 0 unspecified atom stereocenters. The molecule has 0 radical (unpaired) electrons. The number of nitro benzene ring substituents is 2. The Morgan fingerprint density at radius 3 is 2.30 bits per heavy atom.